The Hall–Kier alpha value is -4.78. The Morgan fingerprint density at radius 1 is 0.533 bits per heavy atom. The zero-order chi connectivity index (χ0) is 30.8. The summed E-state index contributed by atoms with van der Waals surface area (Å²) < 4.78 is 0. The van der Waals surface area contributed by atoms with Crippen LogP contribution < -0.4 is 9.80 Å². The average Bonchev–Trinajstić information content (AvgIpc) is 3.78. The van der Waals surface area contributed by atoms with Crippen molar-refractivity contribution in [1.29, 1.82) is 0 Å². The molecule has 4 aromatic carbocycles. The number of hydrogen-bond acceptors (Lipinski definition) is 4. The molecule has 0 radical (unpaired) electrons. The molecule has 2 aliphatic rings. The molecule has 0 saturated carbocycles. The highest BCUT2D eigenvalue weighted by Crippen LogP contribution is 2.40. The monoisotopic (exact) mass is 624 g/mol. The van der Waals surface area contributed by atoms with E-state index in [4.69, 9.17) is 0 Å². The molecular formula is C39H32N2O2S2. The standard InChI is InChI=1S/C20H17NOS.C19H15NOS/c1-14-11-12-19(23-14)18-13-15-7-5-6-10-17(15)20(22)21(18)16-8-3-2-4-9-16;21-19-16-10-5-4-7-14(16)13-17(18-11-6-12-22-18)20(19)15-8-2-1-3-9-15/h2-12,18H,13H2,1H3;1-12,17H,13H2. The van der Waals surface area contributed by atoms with Gasteiger partial charge in [0.15, 0.2) is 0 Å². The second kappa shape index (κ2) is 12.7. The number of rotatable bonds is 4. The van der Waals surface area contributed by atoms with Crippen molar-refractivity contribution in [1.82, 2.24) is 0 Å². The average molecular weight is 625 g/mol. The number of benzene rings is 4. The zero-order valence-corrected chi connectivity index (χ0v) is 26.5. The van der Waals surface area contributed by atoms with Gasteiger partial charge in [0, 0.05) is 37.1 Å². The highest BCUT2D eigenvalue weighted by atomic mass is 32.1. The molecule has 6 heteroatoms. The maximum absolute atomic E-state index is 13.1. The smallest absolute Gasteiger partial charge is 0.259 e. The molecule has 2 atom stereocenters. The molecule has 4 heterocycles. The van der Waals surface area contributed by atoms with Crippen LogP contribution >= 0.6 is 22.7 Å². The van der Waals surface area contributed by atoms with Crippen LogP contribution in [0, 0.1) is 6.92 Å². The molecule has 2 aromatic heterocycles. The molecule has 0 N–H and O–H groups in total. The second-order valence-corrected chi connectivity index (χ2v) is 13.5. The third-order valence-corrected chi connectivity index (χ3v) is 10.5. The van der Waals surface area contributed by atoms with E-state index in [-0.39, 0.29) is 23.9 Å². The van der Waals surface area contributed by atoms with E-state index in [9.17, 15) is 9.59 Å². The first-order chi connectivity index (χ1) is 22.1. The largest absolute Gasteiger partial charge is 0.300 e. The fraction of sp³-hybridized carbons (Fsp3) is 0.128. The number of nitrogens with zero attached hydrogens (tertiary/aromatic N) is 2. The van der Waals surface area contributed by atoms with Gasteiger partial charge in [0.25, 0.3) is 11.8 Å². The number of carbonyl (C=O) groups excluding carboxylic acids is 2. The Bertz CT molecular complexity index is 1930. The van der Waals surface area contributed by atoms with Crippen molar-refractivity contribution in [2.75, 3.05) is 9.80 Å². The van der Waals surface area contributed by atoms with Crippen molar-refractivity contribution in [2.24, 2.45) is 0 Å². The van der Waals surface area contributed by atoms with Crippen LogP contribution in [0.3, 0.4) is 0 Å². The van der Waals surface area contributed by atoms with Gasteiger partial charge in [0.2, 0.25) is 0 Å². The summed E-state index contributed by atoms with van der Waals surface area (Å²) in [7, 11) is 0. The summed E-state index contributed by atoms with van der Waals surface area (Å²) in [5, 5.41) is 2.07. The fourth-order valence-corrected chi connectivity index (χ4v) is 8.08. The molecule has 2 unspecified atom stereocenters. The first-order valence-corrected chi connectivity index (χ1v) is 16.8. The van der Waals surface area contributed by atoms with Gasteiger partial charge in [-0.2, -0.15) is 0 Å². The summed E-state index contributed by atoms with van der Waals surface area (Å²) in [6.07, 6.45) is 1.72. The van der Waals surface area contributed by atoms with E-state index in [1.54, 1.807) is 22.7 Å². The van der Waals surface area contributed by atoms with Gasteiger partial charge in [-0.25, -0.2) is 0 Å². The van der Waals surface area contributed by atoms with E-state index in [1.807, 2.05) is 113 Å². The lowest BCUT2D eigenvalue weighted by Crippen LogP contribution is -2.40. The lowest BCUT2D eigenvalue weighted by atomic mass is 9.92. The summed E-state index contributed by atoms with van der Waals surface area (Å²) >= 11 is 3.49. The molecule has 4 nitrogen and oxygen atoms in total. The normalized spacial score (nSPS) is 17.3. The maximum Gasteiger partial charge on any atom is 0.259 e. The first-order valence-electron chi connectivity index (χ1n) is 15.1. The molecule has 0 saturated heterocycles. The Kier molecular flexibility index (Phi) is 8.16. The van der Waals surface area contributed by atoms with Crippen LogP contribution in [0.5, 0.6) is 0 Å². The van der Waals surface area contributed by atoms with Gasteiger partial charge in [-0.3, -0.25) is 19.4 Å². The van der Waals surface area contributed by atoms with Crippen molar-refractivity contribution < 1.29 is 9.59 Å². The predicted octanol–water partition coefficient (Wildman–Crippen LogP) is 9.69. The summed E-state index contributed by atoms with van der Waals surface area (Å²) in [4.78, 5) is 33.8. The number of carbonyl (C=O) groups is 2. The van der Waals surface area contributed by atoms with E-state index < -0.39 is 0 Å². The number of fused-ring (bicyclic) bond motifs is 2. The van der Waals surface area contributed by atoms with Crippen LogP contribution in [0.2, 0.25) is 0 Å². The van der Waals surface area contributed by atoms with Gasteiger partial charge in [-0.05, 0) is 90.9 Å². The zero-order valence-electron chi connectivity index (χ0n) is 24.9. The fourth-order valence-electron chi connectivity index (χ4n) is 6.30. The van der Waals surface area contributed by atoms with Crippen LogP contribution in [0.15, 0.2) is 139 Å². The van der Waals surface area contributed by atoms with Crippen molar-refractivity contribution in [3.8, 4) is 0 Å². The Balaban J connectivity index is 0.000000145. The van der Waals surface area contributed by atoms with Crippen LogP contribution in [-0.2, 0) is 12.8 Å². The quantitative estimate of drug-likeness (QED) is 0.196. The number of thiophene rings is 2. The van der Waals surface area contributed by atoms with Crippen molar-refractivity contribution >= 4 is 45.9 Å². The Labute approximate surface area is 271 Å². The van der Waals surface area contributed by atoms with Crippen molar-refractivity contribution in [3.05, 3.63) is 176 Å². The molecule has 6 aromatic rings. The van der Waals surface area contributed by atoms with Crippen molar-refractivity contribution in [3.63, 3.8) is 0 Å². The number of para-hydroxylation sites is 2. The molecule has 45 heavy (non-hydrogen) atoms. The van der Waals surface area contributed by atoms with Gasteiger partial charge < -0.3 is 0 Å². The molecule has 0 spiro atoms. The van der Waals surface area contributed by atoms with Crippen LogP contribution in [0.25, 0.3) is 0 Å². The molecule has 0 fully saturated rings. The lowest BCUT2D eigenvalue weighted by molar-refractivity contribution is 0.0959. The van der Waals surface area contributed by atoms with Crippen LogP contribution in [0.1, 0.15) is 58.6 Å². The predicted molar refractivity (Wildman–Crippen MR) is 186 cm³/mol. The lowest BCUT2D eigenvalue weighted by Gasteiger charge is -2.36. The minimum Gasteiger partial charge on any atom is -0.300 e. The van der Waals surface area contributed by atoms with E-state index in [0.29, 0.717) is 0 Å². The maximum atomic E-state index is 13.1. The van der Waals surface area contributed by atoms with Crippen LogP contribution in [0.4, 0.5) is 11.4 Å². The highest BCUT2D eigenvalue weighted by molar-refractivity contribution is 7.12. The number of hydrogen-bond donors (Lipinski definition) is 0. The number of amides is 2. The van der Waals surface area contributed by atoms with E-state index in [0.717, 1.165) is 46.5 Å². The number of anilines is 2. The summed E-state index contributed by atoms with van der Waals surface area (Å²) in [5.74, 6) is 0.181. The topological polar surface area (TPSA) is 40.6 Å². The number of aryl methyl sites for hydroxylation is 1. The van der Waals surface area contributed by atoms with Crippen molar-refractivity contribution in [2.45, 2.75) is 31.8 Å². The molecule has 0 bridgehead atoms. The molecule has 222 valence electrons. The van der Waals surface area contributed by atoms with Gasteiger partial charge in [0.1, 0.15) is 0 Å². The SMILES string of the molecule is Cc1ccc(C2Cc3ccccc3C(=O)N2c2ccccc2)s1.O=C1c2ccccc2CC(c2cccs2)N1c1ccccc1. The second-order valence-electron chi connectivity index (χ2n) is 11.2. The summed E-state index contributed by atoms with van der Waals surface area (Å²) in [5.41, 5.74) is 5.84. The molecule has 8 rings (SSSR count). The van der Waals surface area contributed by atoms with E-state index in [2.05, 4.69) is 42.6 Å². The van der Waals surface area contributed by atoms with Gasteiger partial charge in [-0.15, -0.1) is 22.7 Å². The minimum atomic E-state index is 0.0681. The minimum absolute atomic E-state index is 0.0681. The molecule has 2 aliphatic heterocycles. The summed E-state index contributed by atoms with van der Waals surface area (Å²) in [6, 6.07) is 44.4. The van der Waals surface area contributed by atoms with Crippen LogP contribution in [-0.4, -0.2) is 11.8 Å². The Morgan fingerprint density at radius 2 is 1.02 bits per heavy atom. The third kappa shape index (κ3) is 5.75. The Morgan fingerprint density at radius 3 is 1.49 bits per heavy atom. The van der Waals surface area contributed by atoms with Gasteiger partial charge in [-0.1, -0.05) is 78.9 Å². The first kappa shape index (κ1) is 29.0. The van der Waals surface area contributed by atoms with Gasteiger partial charge >= 0.3 is 0 Å². The third-order valence-electron chi connectivity index (χ3n) is 8.41. The van der Waals surface area contributed by atoms with E-state index >= 15 is 0 Å². The van der Waals surface area contributed by atoms with E-state index in [1.165, 1.54) is 14.6 Å². The highest BCUT2D eigenvalue weighted by Gasteiger charge is 2.36. The molecular weight excluding hydrogens is 593 g/mol. The summed E-state index contributed by atoms with van der Waals surface area (Å²) in [6.45, 7) is 2.11. The van der Waals surface area contributed by atoms with Gasteiger partial charge in [0.05, 0.1) is 12.1 Å². The molecule has 2 amide bonds. The molecule has 0 aliphatic carbocycles.